The minimum absolute atomic E-state index is 0.228. The molecule has 0 aromatic heterocycles. The molecule has 114 valence electrons. The molecule has 1 fully saturated rings. The molecule has 1 aromatic carbocycles. The third-order valence-corrected chi connectivity index (χ3v) is 5.03. The molecule has 2 aliphatic rings. The number of hydrogen-bond acceptors (Lipinski definition) is 3. The van der Waals surface area contributed by atoms with E-state index in [1.807, 2.05) is 6.07 Å². The summed E-state index contributed by atoms with van der Waals surface area (Å²) in [4.78, 5) is 13.7. The number of nitrogens with zero attached hydrogens (tertiary/aromatic N) is 1. The number of aryl methyl sites for hydroxylation is 1. The maximum Gasteiger partial charge on any atom is 0.308 e. The van der Waals surface area contributed by atoms with Crippen LogP contribution >= 0.6 is 0 Å². The monoisotopic (exact) mass is 289 g/mol. The Morgan fingerprint density at radius 3 is 2.86 bits per heavy atom. The van der Waals surface area contributed by atoms with E-state index in [1.165, 1.54) is 11.1 Å². The first kappa shape index (κ1) is 14.4. The molecule has 0 saturated carbocycles. The topological polar surface area (TPSA) is 49.8 Å². The second-order valence-corrected chi connectivity index (χ2v) is 6.35. The van der Waals surface area contributed by atoms with Crippen LogP contribution in [0.5, 0.6) is 5.75 Å². The van der Waals surface area contributed by atoms with E-state index < -0.39 is 5.97 Å². The third kappa shape index (κ3) is 2.64. The van der Waals surface area contributed by atoms with Crippen LogP contribution in [0.3, 0.4) is 0 Å². The van der Waals surface area contributed by atoms with Gasteiger partial charge in [0.15, 0.2) is 0 Å². The zero-order valence-corrected chi connectivity index (χ0v) is 12.7. The normalized spacial score (nSPS) is 29.1. The molecule has 0 bridgehead atoms. The third-order valence-electron chi connectivity index (χ3n) is 5.03. The van der Waals surface area contributed by atoms with E-state index in [9.17, 15) is 9.90 Å². The Bertz CT molecular complexity index is 543. The van der Waals surface area contributed by atoms with Gasteiger partial charge in [0.2, 0.25) is 0 Å². The number of methoxy groups -OCH3 is 1. The van der Waals surface area contributed by atoms with Gasteiger partial charge in [0.25, 0.3) is 0 Å². The second-order valence-electron chi connectivity index (χ2n) is 6.35. The highest BCUT2D eigenvalue weighted by Crippen LogP contribution is 2.39. The first-order valence-electron chi connectivity index (χ1n) is 7.74. The fourth-order valence-corrected chi connectivity index (χ4v) is 3.85. The molecule has 1 saturated heterocycles. The number of benzene rings is 1. The first-order valence-corrected chi connectivity index (χ1v) is 7.74. The molecule has 21 heavy (non-hydrogen) atoms. The molecule has 0 radical (unpaired) electrons. The smallest absolute Gasteiger partial charge is 0.308 e. The molecule has 0 amide bonds. The quantitative estimate of drug-likeness (QED) is 0.929. The number of carbonyl (C=O) groups is 1. The Morgan fingerprint density at radius 1 is 1.38 bits per heavy atom. The van der Waals surface area contributed by atoms with Gasteiger partial charge in [0.1, 0.15) is 5.75 Å². The van der Waals surface area contributed by atoms with Gasteiger partial charge >= 0.3 is 5.97 Å². The highest BCUT2D eigenvalue weighted by molar-refractivity contribution is 5.71. The molecule has 1 heterocycles. The van der Waals surface area contributed by atoms with Crippen LogP contribution in [0.1, 0.15) is 36.9 Å². The largest absolute Gasteiger partial charge is 0.497 e. The van der Waals surface area contributed by atoms with Crippen LogP contribution < -0.4 is 4.74 Å². The number of likely N-dealkylation sites (tertiary alicyclic amines) is 1. The number of ether oxygens (including phenoxy) is 1. The number of carboxylic acids is 1. The van der Waals surface area contributed by atoms with Crippen molar-refractivity contribution >= 4 is 5.97 Å². The van der Waals surface area contributed by atoms with Crippen molar-refractivity contribution in [3.8, 4) is 5.75 Å². The van der Waals surface area contributed by atoms with Crippen LogP contribution in [0.4, 0.5) is 0 Å². The van der Waals surface area contributed by atoms with Crippen molar-refractivity contribution < 1.29 is 14.6 Å². The Labute approximate surface area is 125 Å². The average Bonchev–Trinajstić information content (AvgIpc) is 2.88. The van der Waals surface area contributed by atoms with Crippen LogP contribution in [0.25, 0.3) is 0 Å². The Balaban J connectivity index is 1.84. The number of carboxylic acid groups (broad SMARTS) is 1. The van der Waals surface area contributed by atoms with E-state index in [2.05, 4.69) is 24.0 Å². The first-order chi connectivity index (χ1) is 10.1. The van der Waals surface area contributed by atoms with E-state index in [0.29, 0.717) is 12.6 Å². The fourth-order valence-electron chi connectivity index (χ4n) is 3.85. The zero-order valence-electron chi connectivity index (χ0n) is 12.7. The predicted molar refractivity (Wildman–Crippen MR) is 80.5 cm³/mol. The van der Waals surface area contributed by atoms with E-state index in [1.54, 1.807) is 7.11 Å². The van der Waals surface area contributed by atoms with Gasteiger partial charge in [-0.15, -0.1) is 0 Å². The lowest BCUT2D eigenvalue weighted by Crippen LogP contribution is -2.30. The lowest BCUT2D eigenvalue weighted by molar-refractivity contribution is -0.142. The molecule has 1 aliphatic heterocycles. The summed E-state index contributed by atoms with van der Waals surface area (Å²) in [5.74, 6) is 0.253. The standard InChI is InChI=1S/C17H23NO3/c1-11-9-18(10-15(11)17(19)20)16-5-3-4-12-8-13(21-2)6-7-14(12)16/h6-8,11,15-16H,3-5,9-10H2,1-2H3,(H,19,20)/t11-,15-,16?/m1/s1. The molecule has 3 rings (SSSR count). The van der Waals surface area contributed by atoms with Gasteiger partial charge in [-0.1, -0.05) is 13.0 Å². The molecule has 1 N–H and O–H groups in total. The molecule has 1 unspecified atom stereocenters. The summed E-state index contributed by atoms with van der Waals surface area (Å²) >= 11 is 0. The lowest BCUT2D eigenvalue weighted by Gasteiger charge is -2.33. The summed E-state index contributed by atoms with van der Waals surface area (Å²) in [5, 5.41) is 9.32. The Morgan fingerprint density at radius 2 is 2.19 bits per heavy atom. The average molecular weight is 289 g/mol. The van der Waals surface area contributed by atoms with E-state index >= 15 is 0 Å². The van der Waals surface area contributed by atoms with E-state index in [4.69, 9.17) is 4.74 Å². The molecule has 4 nitrogen and oxygen atoms in total. The van der Waals surface area contributed by atoms with Gasteiger partial charge < -0.3 is 9.84 Å². The highest BCUT2D eigenvalue weighted by Gasteiger charge is 2.39. The summed E-state index contributed by atoms with van der Waals surface area (Å²) in [7, 11) is 1.70. The van der Waals surface area contributed by atoms with Crippen molar-refractivity contribution in [2.24, 2.45) is 11.8 Å². The fraction of sp³-hybridized carbons (Fsp3) is 0.588. The minimum atomic E-state index is -0.657. The molecule has 4 heteroatoms. The van der Waals surface area contributed by atoms with Crippen molar-refractivity contribution in [3.05, 3.63) is 29.3 Å². The Hall–Kier alpha value is -1.55. The maximum atomic E-state index is 11.3. The van der Waals surface area contributed by atoms with Crippen molar-refractivity contribution in [1.29, 1.82) is 0 Å². The van der Waals surface area contributed by atoms with E-state index in [0.717, 1.165) is 31.6 Å². The molecule has 1 aliphatic carbocycles. The Kier molecular flexibility index (Phi) is 3.89. The van der Waals surface area contributed by atoms with E-state index in [-0.39, 0.29) is 11.8 Å². The number of hydrogen-bond donors (Lipinski definition) is 1. The molecule has 3 atom stereocenters. The predicted octanol–water partition coefficient (Wildman–Crippen LogP) is 2.73. The van der Waals surface area contributed by atoms with Gasteiger partial charge in [-0.3, -0.25) is 9.69 Å². The van der Waals surface area contributed by atoms with Gasteiger partial charge in [0.05, 0.1) is 13.0 Å². The SMILES string of the molecule is COc1ccc2c(c1)CCCC2N1C[C@@H](C)[C@H](C(=O)O)C1. The zero-order chi connectivity index (χ0) is 15.0. The van der Waals surface area contributed by atoms with Gasteiger partial charge in [-0.25, -0.2) is 0 Å². The highest BCUT2D eigenvalue weighted by atomic mass is 16.5. The van der Waals surface area contributed by atoms with Gasteiger partial charge in [-0.05, 0) is 48.4 Å². The summed E-state index contributed by atoms with van der Waals surface area (Å²) < 4.78 is 5.32. The van der Waals surface area contributed by atoms with Crippen LogP contribution in [-0.2, 0) is 11.2 Å². The van der Waals surface area contributed by atoms with Crippen LogP contribution in [0, 0.1) is 11.8 Å². The van der Waals surface area contributed by atoms with Crippen molar-refractivity contribution in [3.63, 3.8) is 0 Å². The molecular formula is C17H23NO3. The van der Waals surface area contributed by atoms with Crippen LogP contribution in [0.2, 0.25) is 0 Å². The second kappa shape index (κ2) is 5.68. The number of fused-ring (bicyclic) bond motifs is 1. The van der Waals surface area contributed by atoms with Crippen LogP contribution in [0.15, 0.2) is 18.2 Å². The summed E-state index contributed by atoms with van der Waals surface area (Å²) in [6, 6.07) is 6.68. The van der Waals surface area contributed by atoms with Crippen molar-refractivity contribution in [2.45, 2.75) is 32.2 Å². The lowest BCUT2D eigenvalue weighted by atomic mass is 9.86. The van der Waals surface area contributed by atoms with Gasteiger partial charge in [-0.2, -0.15) is 0 Å². The minimum Gasteiger partial charge on any atom is -0.497 e. The summed E-state index contributed by atoms with van der Waals surface area (Å²) in [6.07, 6.45) is 3.38. The summed E-state index contributed by atoms with van der Waals surface area (Å²) in [6.45, 7) is 3.61. The van der Waals surface area contributed by atoms with Crippen molar-refractivity contribution in [2.75, 3.05) is 20.2 Å². The van der Waals surface area contributed by atoms with Crippen molar-refractivity contribution in [1.82, 2.24) is 4.90 Å². The number of rotatable bonds is 3. The number of aliphatic carboxylic acids is 1. The van der Waals surface area contributed by atoms with Gasteiger partial charge in [0, 0.05) is 19.1 Å². The molecule has 0 spiro atoms. The molecular weight excluding hydrogens is 266 g/mol. The molecule has 1 aromatic rings. The van der Waals surface area contributed by atoms with Crippen LogP contribution in [-0.4, -0.2) is 36.2 Å². The maximum absolute atomic E-state index is 11.3. The summed E-state index contributed by atoms with van der Waals surface area (Å²) in [5.41, 5.74) is 2.72.